The normalized spacial score (nSPS) is 21.8. The SMILES string of the molecule is CC(C)(C)OC(=O)N1C(=O)C(N2C(=O)c3cccc(OCCO)c3C2=O)CC2(CC2)C1=O. The van der Waals surface area contributed by atoms with Crippen LogP contribution in [0.2, 0.25) is 0 Å². The van der Waals surface area contributed by atoms with Gasteiger partial charge in [0, 0.05) is 0 Å². The van der Waals surface area contributed by atoms with Crippen molar-refractivity contribution in [3.8, 4) is 5.75 Å². The van der Waals surface area contributed by atoms with Crippen LogP contribution in [0.1, 0.15) is 60.7 Å². The second-order valence-corrected chi connectivity index (χ2v) is 9.19. The minimum absolute atomic E-state index is 0.00989. The molecule has 10 heteroatoms. The highest BCUT2D eigenvalue weighted by atomic mass is 16.6. The Morgan fingerprint density at radius 1 is 1.16 bits per heavy atom. The molecule has 170 valence electrons. The van der Waals surface area contributed by atoms with E-state index < -0.39 is 46.8 Å². The molecule has 10 nitrogen and oxygen atoms in total. The molecule has 5 amide bonds. The van der Waals surface area contributed by atoms with Gasteiger partial charge in [-0.05, 0) is 52.2 Å². The molecule has 1 unspecified atom stereocenters. The third-order valence-corrected chi connectivity index (χ3v) is 5.74. The Hall–Kier alpha value is -3.27. The van der Waals surface area contributed by atoms with E-state index in [-0.39, 0.29) is 36.5 Å². The zero-order valence-corrected chi connectivity index (χ0v) is 18.0. The fraction of sp³-hybridized carbons (Fsp3) is 0.500. The van der Waals surface area contributed by atoms with Crippen molar-refractivity contribution < 1.29 is 38.6 Å². The molecule has 32 heavy (non-hydrogen) atoms. The average Bonchev–Trinajstić information content (AvgIpc) is 3.44. The molecule has 0 bridgehead atoms. The van der Waals surface area contributed by atoms with Crippen molar-refractivity contribution in [3.05, 3.63) is 29.3 Å². The number of piperidine rings is 1. The van der Waals surface area contributed by atoms with Gasteiger partial charge in [0.15, 0.2) is 0 Å². The Bertz CT molecular complexity index is 1040. The maximum Gasteiger partial charge on any atom is 0.424 e. The Kier molecular flexibility index (Phi) is 5.08. The van der Waals surface area contributed by atoms with Gasteiger partial charge >= 0.3 is 6.09 Å². The van der Waals surface area contributed by atoms with Crippen LogP contribution in [0.5, 0.6) is 5.75 Å². The number of benzene rings is 1. The summed E-state index contributed by atoms with van der Waals surface area (Å²) in [7, 11) is 0. The molecule has 2 aliphatic heterocycles. The lowest BCUT2D eigenvalue weighted by molar-refractivity contribution is -0.155. The lowest BCUT2D eigenvalue weighted by Crippen LogP contribution is -2.61. The summed E-state index contributed by atoms with van der Waals surface area (Å²) in [6.45, 7) is 4.45. The van der Waals surface area contributed by atoms with Crippen LogP contribution in [-0.4, -0.2) is 69.5 Å². The molecule has 1 N–H and O–H groups in total. The van der Waals surface area contributed by atoms with E-state index >= 15 is 0 Å². The number of amides is 5. The third-order valence-electron chi connectivity index (χ3n) is 5.74. The number of ether oxygens (including phenoxy) is 2. The summed E-state index contributed by atoms with van der Waals surface area (Å²) in [5, 5.41) is 9.02. The van der Waals surface area contributed by atoms with Crippen LogP contribution in [0.3, 0.4) is 0 Å². The quantitative estimate of drug-likeness (QED) is 0.692. The van der Waals surface area contributed by atoms with Gasteiger partial charge in [-0.1, -0.05) is 6.07 Å². The van der Waals surface area contributed by atoms with Crippen LogP contribution >= 0.6 is 0 Å². The van der Waals surface area contributed by atoms with Crippen LogP contribution in [-0.2, 0) is 14.3 Å². The molecule has 1 aromatic rings. The second-order valence-electron chi connectivity index (χ2n) is 9.19. The molecule has 1 aromatic carbocycles. The van der Waals surface area contributed by atoms with Gasteiger partial charge in [-0.15, -0.1) is 0 Å². The lowest BCUT2D eigenvalue weighted by atomic mass is 9.89. The summed E-state index contributed by atoms with van der Waals surface area (Å²) in [4.78, 5) is 66.5. The largest absolute Gasteiger partial charge is 0.490 e. The zero-order valence-electron chi connectivity index (χ0n) is 18.0. The molecule has 1 spiro atoms. The molecule has 2 fully saturated rings. The van der Waals surface area contributed by atoms with E-state index in [1.807, 2.05) is 0 Å². The number of hydrogen-bond acceptors (Lipinski definition) is 8. The smallest absolute Gasteiger partial charge is 0.424 e. The third kappa shape index (κ3) is 3.44. The molecule has 2 heterocycles. The zero-order chi connectivity index (χ0) is 23.4. The van der Waals surface area contributed by atoms with Crippen LogP contribution < -0.4 is 4.74 Å². The number of nitrogens with zero attached hydrogens (tertiary/aromatic N) is 2. The van der Waals surface area contributed by atoms with E-state index in [0.29, 0.717) is 17.7 Å². The molecule has 1 saturated heterocycles. The lowest BCUT2D eigenvalue weighted by Gasteiger charge is -2.38. The first kappa shape index (κ1) is 21.9. The van der Waals surface area contributed by atoms with Gasteiger partial charge in [0.05, 0.1) is 23.1 Å². The van der Waals surface area contributed by atoms with Crippen molar-refractivity contribution in [1.82, 2.24) is 9.80 Å². The fourth-order valence-electron chi connectivity index (χ4n) is 4.11. The summed E-state index contributed by atoms with van der Waals surface area (Å²) >= 11 is 0. The number of likely N-dealkylation sites (tertiary alicyclic amines) is 1. The Balaban J connectivity index is 1.69. The number of aliphatic hydroxyl groups excluding tert-OH is 1. The molecule has 1 atom stereocenters. The predicted octanol–water partition coefficient (Wildman–Crippen LogP) is 1.50. The monoisotopic (exact) mass is 444 g/mol. The number of hydrogen-bond donors (Lipinski definition) is 1. The van der Waals surface area contributed by atoms with Crippen molar-refractivity contribution in [2.24, 2.45) is 5.41 Å². The van der Waals surface area contributed by atoms with Crippen LogP contribution in [0.25, 0.3) is 0 Å². The van der Waals surface area contributed by atoms with Crippen molar-refractivity contribution >= 4 is 29.7 Å². The van der Waals surface area contributed by atoms with E-state index in [1.165, 1.54) is 18.2 Å². The Morgan fingerprint density at radius 3 is 2.44 bits per heavy atom. The number of fused-ring (bicyclic) bond motifs is 1. The highest BCUT2D eigenvalue weighted by molar-refractivity contribution is 6.25. The van der Waals surface area contributed by atoms with Gasteiger partial charge in [0.25, 0.3) is 17.7 Å². The molecule has 0 aromatic heterocycles. The number of aliphatic hydroxyl groups is 1. The van der Waals surface area contributed by atoms with Crippen molar-refractivity contribution in [1.29, 1.82) is 0 Å². The van der Waals surface area contributed by atoms with Crippen LogP contribution in [0, 0.1) is 5.41 Å². The topological polar surface area (TPSA) is 131 Å². The van der Waals surface area contributed by atoms with Gasteiger partial charge in [-0.2, -0.15) is 4.90 Å². The number of carbonyl (C=O) groups excluding carboxylic acids is 5. The van der Waals surface area contributed by atoms with Gasteiger partial charge in [-0.25, -0.2) is 4.79 Å². The van der Waals surface area contributed by atoms with E-state index in [9.17, 15) is 24.0 Å². The first-order valence-electron chi connectivity index (χ1n) is 10.4. The summed E-state index contributed by atoms with van der Waals surface area (Å²) in [5.74, 6) is -2.95. The molecule has 3 aliphatic rings. The van der Waals surface area contributed by atoms with Gasteiger partial charge < -0.3 is 14.6 Å². The highest BCUT2D eigenvalue weighted by Crippen LogP contribution is 2.54. The maximum absolute atomic E-state index is 13.3. The number of carbonyl (C=O) groups is 5. The second kappa shape index (κ2) is 7.40. The summed E-state index contributed by atoms with van der Waals surface area (Å²) in [5.41, 5.74) is -1.87. The van der Waals surface area contributed by atoms with Gasteiger partial charge in [0.1, 0.15) is 24.0 Å². The van der Waals surface area contributed by atoms with E-state index in [2.05, 4.69) is 0 Å². The summed E-state index contributed by atoms with van der Waals surface area (Å²) in [6.07, 6.45) is -0.263. The molecule has 1 saturated carbocycles. The molecular weight excluding hydrogens is 420 g/mol. The van der Waals surface area contributed by atoms with E-state index in [1.54, 1.807) is 20.8 Å². The first-order chi connectivity index (χ1) is 15.0. The first-order valence-corrected chi connectivity index (χ1v) is 10.4. The minimum Gasteiger partial charge on any atom is -0.490 e. The summed E-state index contributed by atoms with van der Waals surface area (Å²) < 4.78 is 10.6. The summed E-state index contributed by atoms with van der Waals surface area (Å²) in [6, 6.07) is 3.14. The number of rotatable bonds is 4. The maximum atomic E-state index is 13.3. The highest BCUT2D eigenvalue weighted by Gasteiger charge is 2.63. The van der Waals surface area contributed by atoms with Crippen molar-refractivity contribution in [2.45, 2.75) is 51.7 Å². The molecular formula is C22H24N2O8. The van der Waals surface area contributed by atoms with Gasteiger partial charge in [0.2, 0.25) is 5.91 Å². The van der Waals surface area contributed by atoms with Crippen molar-refractivity contribution in [3.63, 3.8) is 0 Å². The molecule has 1 aliphatic carbocycles. The molecule has 0 radical (unpaired) electrons. The Morgan fingerprint density at radius 2 is 1.84 bits per heavy atom. The average molecular weight is 444 g/mol. The van der Waals surface area contributed by atoms with Gasteiger partial charge in [-0.3, -0.25) is 24.1 Å². The van der Waals surface area contributed by atoms with E-state index in [4.69, 9.17) is 14.6 Å². The molecule has 4 rings (SSSR count). The van der Waals surface area contributed by atoms with E-state index in [0.717, 1.165) is 4.90 Å². The number of imide groups is 4. The van der Waals surface area contributed by atoms with Crippen LogP contribution in [0.15, 0.2) is 18.2 Å². The minimum atomic E-state index is -1.32. The Labute approximate surface area is 184 Å². The van der Waals surface area contributed by atoms with Crippen LogP contribution in [0.4, 0.5) is 4.79 Å². The predicted molar refractivity (Wildman–Crippen MR) is 108 cm³/mol. The fourth-order valence-corrected chi connectivity index (χ4v) is 4.11. The van der Waals surface area contributed by atoms with Crippen molar-refractivity contribution in [2.75, 3.05) is 13.2 Å². The standard InChI is InChI=1S/C22H24N2O8/c1-21(2,3)32-20(30)24-17(27)13(11-22(7-8-22)19(24)29)23-16(26)12-5-4-6-14(31-10-9-25)15(12)18(23)28/h4-6,13,25H,7-11H2,1-3H3.